The number of nitrogens with two attached hydrogens (primary N) is 1. The van der Waals surface area contributed by atoms with Crippen LogP contribution in [0.3, 0.4) is 0 Å². The number of hydrogen-bond donors (Lipinski definition) is 1. The van der Waals surface area contributed by atoms with Crippen molar-refractivity contribution in [3.63, 3.8) is 0 Å². The van der Waals surface area contributed by atoms with Crippen LogP contribution in [0.1, 0.15) is 0 Å². The van der Waals surface area contributed by atoms with Crippen molar-refractivity contribution in [3.05, 3.63) is 30.6 Å². The van der Waals surface area contributed by atoms with Crippen LogP contribution in [0, 0.1) is 0 Å². The molecule has 0 bridgehead atoms. The quantitative estimate of drug-likeness (QED) is 0.512. The van der Waals surface area contributed by atoms with E-state index >= 15 is 0 Å². The van der Waals surface area contributed by atoms with E-state index in [9.17, 15) is 0 Å². The summed E-state index contributed by atoms with van der Waals surface area (Å²) in [5.41, 5.74) is 5.70. The zero-order valence-electron chi connectivity index (χ0n) is 8.62. The summed E-state index contributed by atoms with van der Waals surface area (Å²) in [5.74, 6) is 0.496. The van der Waals surface area contributed by atoms with Gasteiger partial charge >= 0.3 is 0 Å². The summed E-state index contributed by atoms with van der Waals surface area (Å²) in [6, 6.07) is 5.63. The molecule has 2 heterocycles. The average molecular weight is 250 g/mol. The van der Waals surface area contributed by atoms with E-state index in [0.717, 1.165) is 9.92 Å². The molecule has 0 radical (unpaired) electrons. The third kappa shape index (κ3) is 2.86. The van der Waals surface area contributed by atoms with Gasteiger partial charge in [-0.3, -0.25) is 4.98 Å². The zero-order chi connectivity index (χ0) is 11.4. The van der Waals surface area contributed by atoms with Crippen molar-refractivity contribution in [2.45, 2.75) is 15.1 Å². The number of rotatable bonds is 3. The summed E-state index contributed by atoms with van der Waals surface area (Å²) < 4.78 is 0. The number of nitrogen functional groups attached to an aromatic ring is 1. The van der Waals surface area contributed by atoms with Gasteiger partial charge in [-0.2, -0.15) is 0 Å². The maximum atomic E-state index is 5.70. The first-order valence-electron chi connectivity index (χ1n) is 4.54. The van der Waals surface area contributed by atoms with Crippen molar-refractivity contribution < 1.29 is 0 Å². The molecule has 2 aromatic rings. The van der Waals surface area contributed by atoms with Gasteiger partial charge in [0.1, 0.15) is 10.8 Å². The number of anilines is 1. The van der Waals surface area contributed by atoms with Crippen molar-refractivity contribution in [3.8, 4) is 0 Å². The Morgan fingerprint density at radius 2 is 1.94 bits per heavy atom. The minimum atomic E-state index is 0.496. The van der Waals surface area contributed by atoms with Gasteiger partial charge in [-0.25, -0.2) is 9.97 Å². The van der Waals surface area contributed by atoms with Gasteiger partial charge < -0.3 is 5.73 Å². The number of pyridine rings is 1. The second-order valence-electron chi connectivity index (χ2n) is 2.90. The minimum absolute atomic E-state index is 0.496. The van der Waals surface area contributed by atoms with Crippen LogP contribution in [-0.2, 0) is 0 Å². The fourth-order valence-electron chi connectivity index (χ4n) is 1.09. The normalized spacial score (nSPS) is 10.3. The lowest BCUT2D eigenvalue weighted by molar-refractivity contribution is 0.902. The number of hydrogen-bond acceptors (Lipinski definition) is 6. The first-order chi connectivity index (χ1) is 7.78. The van der Waals surface area contributed by atoms with E-state index < -0.39 is 0 Å². The zero-order valence-corrected chi connectivity index (χ0v) is 10.3. The van der Waals surface area contributed by atoms with Crippen LogP contribution in [0.5, 0.6) is 0 Å². The molecule has 0 spiro atoms. The lowest BCUT2D eigenvalue weighted by atomic mass is 10.5. The highest BCUT2D eigenvalue weighted by atomic mass is 32.2. The van der Waals surface area contributed by atoms with Crippen molar-refractivity contribution in [1.29, 1.82) is 0 Å². The second-order valence-corrected chi connectivity index (χ2v) is 4.77. The van der Waals surface area contributed by atoms with Crippen LogP contribution in [0.4, 0.5) is 5.82 Å². The van der Waals surface area contributed by atoms with E-state index in [1.165, 1.54) is 11.8 Å². The highest BCUT2D eigenvalue weighted by Crippen LogP contribution is 2.27. The van der Waals surface area contributed by atoms with Gasteiger partial charge in [-0.1, -0.05) is 23.5 Å². The summed E-state index contributed by atoms with van der Waals surface area (Å²) >= 11 is 3.03. The Hall–Kier alpha value is -1.27. The molecule has 6 heteroatoms. The minimum Gasteiger partial charge on any atom is -0.384 e. The third-order valence-electron chi connectivity index (χ3n) is 1.76. The van der Waals surface area contributed by atoms with E-state index in [1.807, 2.05) is 18.4 Å². The molecular formula is C10H10N4S2. The molecular weight excluding hydrogens is 240 g/mol. The maximum Gasteiger partial charge on any atom is 0.190 e. The van der Waals surface area contributed by atoms with Crippen LogP contribution in [0.15, 0.2) is 45.7 Å². The molecule has 0 aliphatic heterocycles. The molecule has 4 nitrogen and oxygen atoms in total. The van der Waals surface area contributed by atoms with E-state index in [1.54, 1.807) is 30.2 Å². The highest BCUT2D eigenvalue weighted by molar-refractivity contribution is 7.99. The van der Waals surface area contributed by atoms with E-state index in [4.69, 9.17) is 5.73 Å². The van der Waals surface area contributed by atoms with Crippen LogP contribution in [0.2, 0.25) is 0 Å². The summed E-state index contributed by atoms with van der Waals surface area (Å²) in [5, 5.41) is 1.54. The fourth-order valence-corrected chi connectivity index (χ4v) is 2.35. The van der Waals surface area contributed by atoms with Crippen molar-refractivity contribution in [2.24, 2.45) is 0 Å². The Balaban J connectivity index is 2.24. The van der Waals surface area contributed by atoms with Crippen molar-refractivity contribution in [2.75, 3.05) is 12.0 Å². The first-order valence-corrected chi connectivity index (χ1v) is 6.58. The van der Waals surface area contributed by atoms with Gasteiger partial charge in [-0.05, 0) is 18.4 Å². The lowest BCUT2D eigenvalue weighted by Crippen LogP contribution is -1.95. The van der Waals surface area contributed by atoms with Gasteiger partial charge in [0.05, 0.1) is 0 Å². The topological polar surface area (TPSA) is 64.7 Å². The van der Waals surface area contributed by atoms with E-state index in [2.05, 4.69) is 15.0 Å². The van der Waals surface area contributed by atoms with Gasteiger partial charge in [0, 0.05) is 23.4 Å². The van der Waals surface area contributed by atoms with Crippen LogP contribution >= 0.6 is 23.5 Å². The Kier molecular flexibility index (Phi) is 3.63. The predicted molar refractivity (Wildman–Crippen MR) is 66.6 cm³/mol. The molecule has 0 saturated heterocycles. The molecule has 0 aliphatic rings. The summed E-state index contributed by atoms with van der Waals surface area (Å²) in [6.07, 6.45) is 5.43. The predicted octanol–water partition coefficient (Wildman–Crippen LogP) is 2.33. The fraction of sp³-hybridized carbons (Fsp3) is 0.100. The Labute approximate surface area is 102 Å². The van der Waals surface area contributed by atoms with Crippen LogP contribution in [0.25, 0.3) is 0 Å². The van der Waals surface area contributed by atoms with Crippen molar-refractivity contribution in [1.82, 2.24) is 15.0 Å². The molecule has 0 saturated carbocycles. The number of nitrogens with zero attached hydrogens (tertiary/aromatic N) is 3. The summed E-state index contributed by atoms with van der Waals surface area (Å²) in [7, 11) is 0. The number of aromatic nitrogens is 3. The SMILES string of the molecule is CSc1nc(N)cc(Sc2ccncc2)n1. The molecule has 2 rings (SSSR count). The summed E-state index contributed by atoms with van der Waals surface area (Å²) in [6.45, 7) is 0. The Morgan fingerprint density at radius 3 is 2.62 bits per heavy atom. The molecule has 0 aromatic carbocycles. The summed E-state index contributed by atoms with van der Waals surface area (Å²) in [4.78, 5) is 13.5. The monoisotopic (exact) mass is 250 g/mol. The molecule has 16 heavy (non-hydrogen) atoms. The van der Waals surface area contributed by atoms with Gasteiger partial charge in [0.15, 0.2) is 5.16 Å². The average Bonchev–Trinajstić information content (AvgIpc) is 2.29. The molecule has 0 fully saturated rings. The van der Waals surface area contributed by atoms with E-state index in [0.29, 0.717) is 11.0 Å². The lowest BCUT2D eigenvalue weighted by Gasteiger charge is -2.03. The highest BCUT2D eigenvalue weighted by Gasteiger charge is 2.03. The van der Waals surface area contributed by atoms with Gasteiger partial charge in [0.25, 0.3) is 0 Å². The molecule has 0 atom stereocenters. The molecule has 0 unspecified atom stereocenters. The molecule has 82 valence electrons. The molecule has 2 aromatic heterocycles. The Bertz CT molecular complexity index is 476. The molecule has 0 amide bonds. The Morgan fingerprint density at radius 1 is 1.19 bits per heavy atom. The molecule has 0 aliphatic carbocycles. The third-order valence-corrected chi connectivity index (χ3v) is 3.23. The van der Waals surface area contributed by atoms with Crippen LogP contribution in [-0.4, -0.2) is 21.2 Å². The number of thioether (sulfide) groups is 1. The van der Waals surface area contributed by atoms with E-state index in [-0.39, 0.29) is 0 Å². The molecule has 2 N–H and O–H groups in total. The van der Waals surface area contributed by atoms with Crippen molar-refractivity contribution >= 4 is 29.3 Å². The smallest absolute Gasteiger partial charge is 0.190 e. The standard InChI is InChI=1S/C10H10N4S2/c1-15-10-13-8(11)6-9(14-10)16-7-2-4-12-5-3-7/h2-6H,1H3,(H2,11,13,14). The second kappa shape index (κ2) is 5.18. The van der Waals surface area contributed by atoms with Gasteiger partial charge in [-0.15, -0.1) is 0 Å². The maximum absolute atomic E-state index is 5.70. The van der Waals surface area contributed by atoms with Crippen LogP contribution < -0.4 is 5.73 Å². The largest absolute Gasteiger partial charge is 0.384 e. The van der Waals surface area contributed by atoms with Gasteiger partial charge in [0.2, 0.25) is 0 Å². The first kappa shape index (κ1) is 11.2.